The lowest BCUT2D eigenvalue weighted by atomic mass is 10.0. The first-order valence-corrected chi connectivity index (χ1v) is 13.7. The predicted octanol–water partition coefficient (Wildman–Crippen LogP) is 7.10. The first-order valence-electron chi connectivity index (χ1n) is 13.7. The summed E-state index contributed by atoms with van der Waals surface area (Å²) in [6, 6.07) is 5.52. The molecule has 0 radical (unpaired) electrons. The van der Waals surface area contributed by atoms with Crippen molar-refractivity contribution in [3.63, 3.8) is 0 Å². The molecule has 0 aromatic heterocycles. The van der Waals surface area contributed by atoms with Gasteiger partial charge in [0.15, 0.2) is 0 Å². The van der Waals surface area contributed by atoms with Crippen molar-refractivity contribution < 1.29 is 5.11 Å². The average Bonchev–Trinajstić information content (AvgIpc) is 2.86. The fourth-order valence-electron chi connectivity index (χ4n) is 3.16. The minimum atomic E-state index is 0.146. The summed E-state index contributed by atoms with van der Waals surface area (Å²) in [5.74, 6) is 1.01. The average molecular weight is 498 g/mol. The molecule has 202 valence electrons. The molecular weight excluding hydrogens is 446 g/mol. The molecule has 1 heterocycles. The molecule has 0 unspecified atom stereocenters. The Morgan fingerprint density at radius 3 is 2.08 bits per heavy atom. The molecule has 1 aliphatic carbocycles. The zero-order valence-corrected chi connectivity index (χ0v) is 24.0. The van der Waals surface area contributed by atoms with Gasteiger partial charge in [-0.05, 0) is 42.7 Å². The van der Waals surface area contributed by atoms with Gasteiger partial charge in [-0.25, -0.2) is 0 Å². The largest absolute Gasteiger partial charge is 0.507 e. The van der Waals surface area contributed by atoms with Crippen molar-refractivity contribution in [1.29, 1.82) is 0 Å². The molecule has 0 amide bonds. The second-order valence-electron chi connectivity index (χ2n) is 8.38. The number of hydrogen-bond acceptors (Lipinski definition) is 5. The van der Waals surface area contributed by atoms with Crippen molar-refractivity contribution in [2.24, 2.45) is 15.2 Å². The van der Waals surface area contributed by atoms with E-state index in [1.54, 1.807) is 25.4 Å². The SMILES string of the molecule is C1CCC1.C=C/C(=N\N=C(/C)N1CCNCC1)c1ccc(/C(C=NC)=C/CC)cc1O.CC.CCC. The Bertz CT molecular complexity index is 841. The zero-order valence-electron chi connectivity index (χ0n) is 24.0. The molecule has 36 heavy (non-hydrogen) atoms. The number of rotatable bonds is 6. The minimum Gasteiger partial charge on any atom is -0.507 e. The molecule has 1 aliphatic heterocycles. The van der Waals surface area contributed by atoms with Crippen LogP contribution in [0.2, 0.25) is 0 Å². The summed E-state index contributed by atoms with van der Waals surface area (Å²) in [6.45, 7) is 19.8. The number of phenols is 1. The summed E-state index contributed by atoms with van der Waals surface area (Å²) in [7, 11) is 1.74. The topological polar surface area (TPSA) is 72.6 Å². The number of nitrogens with one attached hydrogen (secondary N) is 1. The van der Waals surface area contributed by atoms with E-state index in [9.17, 15) is 5.11 Å². The van der Waals surface area contributed by atoms with E-state index in [0.29, 0.717) is 11.3 Å². The predicted molar refractivity (Wildman–Crippen MR) is 161 cm³/mol. The van der Waals surface area contributed by atoms with E-state index in [-0.39, 0.29) is 5.75 Å². The van der Waals surface area contributed by atoms with E-state index in [1.807, 2.05) is 32.9 Å². The number of hydrogen-bond donors (Lipinski definition) is 2. The van der Waals surface area contributed by atoms with Gasteiger partial charge >= 0.3 is 0 Å². The molecule has 2 N–H and O–H groups in total. The zero-order chi connectivity index (χ0) is 27.2. The smallest absolute Gasteiger partial charge is 0.125 e. The van der Waals surface area contributed by atoms with Gasteiger partial charge in [0.25, 0.3) is 0 Å². The van der Waals surface area contributed by atoms with Crippen LogP contribution in [0.15, 0.2) is 52.1 Å². The first-order chi connectivity index (χ1) is 17.5. The van der Waals surface area contributed by atoms with Crippen LogP contribution in [0.4, 0.5) is 0 Å². The van der Waals surface area contributed by atoms with Crippen molar-refractivity contribution in [3.8, 4) is 5.75 Å². The third-order valence-corrected chi connectivity index (χ3v) is 5.37. The van der Waals surface area contributed by atoms with Crippen LogP contribution >= 0.6 is 0 Å². The quantitative estimate of drug-likeness (QED) is 0.250. The lowest BCUT2D eigenvalue weighted by Gasteiger charge is -2.28. The highest BCUT2D eigenvalue weighted by Crippen LogP contribution is 2.24. The van der Waals surface area contributed by atoms with Gasteiger partial charge in [0.05, 0.1) is 5.71 Å². The number of nitrogens with zero attached hydrogens (tertiary/aromatic N) is 4. The van der Waals surface area contributed by atoms with Gasteiger partial charge in [-0.2, -0.15) is 0 Å². The lowest BCUT2D eigenvalue weighted by Crippen LogP contribution is -2.45. The van der Waals surface area contributed by atoms with Crippen LogP contribution in [0, 0.1) is 0 Å². The molecule has 1 saturated carbocycles. The molecule has 3 rings (SSSR count). The Morgan fingerprint density at radius 2 is 1.64 bits per heavy atom. The molecular formula is C30H51N5O. The number of amidine groups is 1. The van der Waals surface area contributed by atoms with E-state index < -0.39 is 0 Å². The molecule has 2 aliphatic rings. The Balaban J connectivity index is 0.00000116. The van der Waals surface area contributed by atoms with Gasteiger partial charge in [-0.3, -0.25) is 4.99 Å². The number of allylic oxidation sites excluding steroid dienone is 3. The van der Waals surface area contributed by atoms with Crippen molar-refractivity contribution in [2.45, 2.75) is 80.1 Å². The lowest BCUT2D eigenvalue weighted by molar-refractivity contribution is 0.355. The van der Waals surface area contributed by atoms with E-state index in [1.165, 1.54) is 32.1 Å². The molecule has 1 aromatic carbocycles. The van der Waals surface area contributed by atoms with Gasteiger partial charge in [-0.1, -0.05) is 85.4 Å². The van der Waals surface area contributed by atoms with Crippen LogP contribution in [0.3, 0.4) is 0 Å². The highest BCUT2D eigenvalue weighted by atomic mass is 16.3. The Kier molecular flexibility index (Phi) is 19.9. The van der Waals surface area contributed by atoms with Crippen molar-refractivity contribution in [2.75, 3.05) is 33.2 Å². The third kappa shape index (κ3) is 12.8. The van der Waals surface area contributed by atoms with Gasteiger partial charge in [0.2, 0.25) is 0 Å². The summed E-state index contributed by atoms with van der Waals surface area (Å²) in [6.07, 6.45) is 13.6. The standard InChI is InChI=1S/C21H29N5O.C4H8.C3H8.C2H6/c1-5-7-18(15-22-4)17-8-9-19(21(27)14-17)20(6-2)25-24-16(3)26-12-10-23-11-13-26;1-2-4-3-1;1-3-2;1-2/h6-9,14-15,23,27H,2,5,10-13H2,1,3-4H3;1-4H2;3H2,1-2H3;1-2H3/b18-7+,22-15?,24-16+,25-20+;;;. The Hall–Kier alpha value is -2.73. The normalized spacial score (nSPS) is 16.0. The maximum absolute atomic E-state index is 10.5. The van der Waals surface area contributed by atoms with Crippen molar-refractivity contribution in [1.82, 2.24) is 10.2 Å². The maximum atomic E-state index is 10.5. The molecule has 2 fully saturated rings. The summed E-state index contributed by atoms with van der Waals surface area (Å²) < 4.78 is 0. The molecule has 1 aromatic rings. The Labute approximate surface area is 221 Å². The van der Waals surface area contributed by atoms with E-state index in [2.05, 4.69) is 58.8 Å². The fourth-order valence-corrected chi connectivity index (χ4v) is 3.16. The highest BCUT2D eigenvalue weighted by molar-refractivity contribution is 6.12. The van der Waals surface area contributed by atoms with Crippen LogP contribution in [-0.2, 0) is 0 Å². The summed E-state index contributed by atoms with van der Waals surface area (Å²) in [4.78, 5) is 6.28. The van der Waals surface area contributed by atoms with Gasteiger partial charge in [0, 0.05) is 45.0 Å². The van der Waals surface area contributed by atoms with E-state index >= 15 is 0 Å². The molecule has 0 atom stereocenters. The van der Waals surface area contributed by atoms with Crippen LogP contribution in [0.25, 0.3) is 5.57 Å². The summed E-state index contributed by atoms with van der Waals surface area (Å²) >= 11 is 0. The highest BCUT2D eigenvalue weighted by Gasteiger charge is 2.12. The summed E-state index contributed by atoms with van der Waals surface area (Å²) in [5, 5.41) is 22.5. The van der Waals surface area contributed by atoms with E-state index in [0.717, 1.165) is 49.6 Å². The number of aliphatic imine (C=N–C) groups is 1. The second-order valence-corrected chi connectivity index (χ2v) is 8.38. The molecule has 0 spiro atoms. The van der Waals surface area contributed by atoms with Crippen LogP contribution < -0.4 is 5.32 Å². The van der Waals surface area contributed by atoms with Gasteiger partial charge in [-0.15, -0.1) is 10.2 Å². The van der Waals surface area contributed by atoms with Crippen molar-refractivity contribution >= 4 is 23.3 Å². The molecule has 0 bridgehead atoms. The summed E-state index contributed by atoms with van der Waals surface area (Å²) in [5.41, 5.74) is 3.03. The number of benzene rings is 1. The van der Waals surface area contributed by atoms with E-state index in [4.69, 9.17) is 0 Å². The Morgan fingerprint density at radius 1 is 1.06 bits per heavy atom. The number of aromatic hydroxyl groups is 1. The fraction of sp³-hybridized carbons (Fsp3) is 0.567. The number of piperazine rings is 1. The van der Waals surface area contributed by atoms with Gasteiger partial charge < -0.3 is 15.3 Å². The maximum Gasteiger partial charge on any atom is 0.125 e. The molecule has 6 nitrogen and oxygen atoms in total. The van der Waals surface area contributed by atoms with Crippen LogP contribution in [-0.4, -0.2) is 61.0 Å². The number of phenolic OH excluding ortho intramolecular Hbond substituents is 1. The molecule has 6 heteroatoms. The minimum absolute atomic E-state index is 0.146. The molecule has 1 saturated heterocycles. The van der Waals surface area contributed by atoms with Gasteiger partial charge in [0.1, 0.15) is 11.6 Å². The van der Waals surface area contributed by atoms with Crippen molar-refractivity contribution in [3.05, 3.63) is 48.1 Å². The second kappa shape index (κ2) is 21.5. The van der Waals surface area contributed by atoms with Crippen LogP contribution in [0.5, 0.6) is 5.75 Å². The van der Waals surface area contributed by atoms with Crippen LogP contribution in [0.1, 0.15) is 91.2 Å². The first kappa shape index (κ1) is 33.3. The third-order valence-electron chi connectivity index (χ3n) is 5.37. The monoisotopic (exact) mass is 497 g/mol.